The van der Waals surface area contributed by atoms with Gasteiger partial charge in [-0.25, -0.2) is 0 Å². The van der Waals surface area contributed by atoms with E-state index in [4.69, 9.17) is 17.0 Å². The fourth-order valence-corrected chi connectivity index (χ4v) is 3.15. The largest absolute Gasteiger partial charge is 0.493 e. The second-order valence-corrected chi connectivity index (χ2v) is 6.75. The van der Waals surface area contributed by atoms with Gasteiger partial charge in [-0.3, -0.25) is 4.79 Å². The van der Waals surface area contributed by atoms with Crippen LogP contribution in [0.2, 0.25) is 0 Å². The second-order valence-electron chi connectivity index (χ2n) is 5.03. The summed E-state index contributed by atoms with van der Waals surface area (Å²) < 4.78 is 6.26. The molecule has 5 heteroatoms. The number of ether oxygens (including phenoxy) is 1. The van der Waals surface area contributed by atoms with Crippen LogP contribution in [0.1, 0.15) is 24.8 Å². The molecule has 104 valence electrons. The molecule has 2 fully saturated rings. The van der Waals surface area contributed by atoms with Crippen LogP contribution in [-0.2, 0) is 4.79 Å². The minimum Gasteiger partial charge on any atom is -0.493 e. The molecule has 0 atom stereocenters. The van der Waals surface area contributed by atoms with Crippen molar-refractivity contribution in [2.75, 3.05) is 6.61 Å². The normalized spacial score (nSPS) is 20.9. The SMILES string of the molecule is O=C1NC(=S)SC1=Cc1ccc(OCC2CCC2)cc1. The van der Waals surface area contributed by atoms with Crippen molar-refractivity contribution in [1.82, 2.24) is 5.32 Å². The highest BCUT2D eigenvalue weighted by Crippen LogP contribution is 2.28. The molecular weight excluding hydrogens is 290 g/mol. The number of carbonyl (C=O) groups is 1. The summed E-state index contributed by atoms with van der Waals surface area (Å²) in [4.78, 5) is 12.2. The van der Waals surface area contributed by atoms with Crippen molar-refractivity contribution in [3.63, 3.8) is 0 Å². The van der Waals surface area contributed by atoms with Crippen LogP contribution in [0.15, 0.2) is 29.2 Å². The molecule has 0 spiro atoms. The first-order valence-electron chi connectivity index (χ1n) is 6.68. The van der Waals surface area contributed by atoms with Gasteiger partial charge in [0.05, 0.1) is 11.5 Å². The Hall–Kier alpha value is -1.33. The van der Waals surface area contributed by atoms with E-state index in [-0.39, 0.29) is 5.91 Å². The fraction of sp³-hybridized carbons (Fsp3) is 0.333. The first-order chi connectivity index (χ1) is 9.70. The molecule has 1 aromatic rings. The number of hydrogen-bond donors (Lipinski definition) is 1. The van der Waals surface area contributed by atoms with Gasteiger partial charge in [0.25, 0.3) is 5.91 Å². The van der Waals surface area contributed by atoms with E-state index in [0.717, 1.165) is 23.8 Å². The Morgan fingerprint density at radius 3 is 2.65 bits per heavy atom. The van der Waals surface area contributed by atoms with Gasteiger partial charge in [0, 0.05) is 0 Å². The first-order valence-corrected chi connectivity index (χ1v) is 7.91. The summed E-state index contributed by atoms with van der Waals surface area (Å²) in [6.07, 6.45) is 5.75. The van der Waals surface area contributed by atoms with Crippen molar-refractivity contribution in [3.05, 3.63) is 34.7 Å². The smallest absolute Gasteiger partial charge is 0.263 e. The van der Waals surface area contributed by atoms with Crippen LogP contribution >= 0.6 is 24.0 Å². The Kier molecular flexibility index (Phi) is 4.08. The van der Waals surface area contributed by atoms with Crippen LogP contribution in [0.3, 0.4) is 0 Å². The lowest BCUT2D eigenvalue weighted by molar-refractivity contribution is -0.115. The van der Waals surface area contributed by atoms with Gasteiger partial charge >= 0.3 is 0 Å². The molecule has 0 bridgehead atoms. The third-order valence-corrected chi connectivity index (χ3v) is 4.69. The molecular formula is C15H15NO2S2. The number of carbonyl (C=O) groups excluding carboxylic acids is 1. The maximum absolute atomic E-state index is 11.6. The molecule has 0 aromatic heterocycles. The zero-order chi connectivity index (χ0) is 13.9. The topological polar surface area (TPSA) is 38.3 Å². The van der Waals surface area contributed by atoms with Gasteiger partial charge in [0.15, 0.2) is 0 Å². The minimum atomic E-state index is -0.120. The van der Waals surface area contributed by atoms with Crippen molar-refractivity contribution in [1.29, 1.82) is 0 Å². The maximum atomic E-state index is 11.6. The van der Waals surface area contributed by atoms with Gasteiger partial charge in [-0.05, 0) is 42.5 Å². The summed E-state index contributed by atoms with van der Waals surface area (Å²) in [5, 5.41) is 2.61. The predicted molar refractivity (Wildman–Crippen MR) is 85.6 cm³/mol. The maximum Gasteiger partial charge on any atom is 0.263 e. The van der Waals surface area contributed by atoms with E-state index in [2.05, 4.69) is 5.32 Å². The van der Waals surface area contributed by atoms with Gasteiger partial charge in [0.2, 0.25) is 0 Å². The van der Waals surface area contributed by atoms with E-state index >= 15 is 0 Å². The van der Waals surface area contributed by atoms with Gasteiger partial charge in [0.1, 0.15) is 10.1 Å². The van der Waals surface area contributed by atoms with Crippen molar-refractivity contribution >= 4 is 40.3 Å². The Balaban J connectivity index is 1.62. The third-order valence-electron chi connectivity index (χ3n) is 3.53. The Morgan fingerprint density at radius 1 is 1.35 bits per heavy atom. The lowest BCUT2D eigenvalue weighted by Crippen LogP contribution is -2.19. The lowest BCUT2D eigenvalue weighted by atomic mass is 9.86. The number of thioether (sulfide) groups is 1. The standard InChI is InChI=1S/C15H15NO2S2/c17-14-13(20-15(19)16-14)8-10-4-6-12(7-5-10)18-9-11-2-1-3-11/h4-8,11H,1-3,9H2,(H,16,17,19). The van der Waals surface area contributed by atoms with Crippen LogP contribution in [0, 0.1) is 5.92 Å². The molecule has 1 aliphatic carbocycles. The minimum absolute atomic E-state index is 0.120. The molecule has 0 radical (unpaired) electrons. The number of thiocarbonyl (C=S) groups is 1. The van der Waals surface area contributed by atoms with Crippen molar-refractivity contribution < 1.29 is 9.53 Å². The number of rotatable bonds is 4. The summed E-state index contributed by atoms with van der Waals surface area (Å²) >= 11 is 6.25. The summed E-state index contributed by atoms with van der Waals surface area (Å²) in [6.45, 7) is 0.812. The molecule has 1 saturated carbocycles. The molecule has 1 amide bonds. The Morgan fingerprint density at radius 2 is 2.10 bits per heavy atom. The zero-order valence-electron chi connectivity index (χ0n) is 10.9. The average Bonchev–Trinajstić information content (AvgIpc) is 2.68. The van der Waals surface area contributed by atoms with Gasteiger partial charge in [-0.1, -0.05) is 42.5 Å². The molecule has 1 N–H and O–H groups in total. The number of hydrogen-bond acceptors (Lipinski definition) is 4. The van der Waals surface area contributed by atoms with Gasteiger partial charge < -0.3 is 10.1 Å². The Bertz CT molecular complexity index is 562. The molecule has 1 aliphatic heterocycles. The molecule has 20 heavy (non-hydrogen) atoms. The number of benzene rings is 1. The highest BCUT2D eigenvalue weighted by molar-refractivity contribution is 8.26. The molecule has 1 aromatic carbocycles. The fourth-order valence-electron chi connectivity index (χ4n) is 2.11. The van der Waals surface area contributed by atoms with Crippen LogP contribution in [0.4, 0.5) is 0 Å². The van der Waals surface area contributed by atoms with Crippen molar-refractivity contribution in [2.24, 2.45) is 5.92 Å². The van der Waals surface area contributed by atoms with Crippen molar-refractivity contribution in [2.45, 2.75) is 19.3 Å². The van der Waals surface area contributed by atoms with E-state index < -0.39 is 0 Å². The van der Waals surface area contributed by atoms with E-state index in [9.17, 15) is 4.79 Å². The molecule has 1 heterocycles. The summed E-state index contributed by atoms with van der Waals surface area (Å²) in [6, 6.07) is 7.80. The second kappa shape index (κ2) is 5.97. The van der Waals surface area contributed by atoms with E-state index in [1.165, 1.54) is 31.0 Å². The predicted octanol–water partition coefficient (Wildman–Crippen LogP) is 3.35. The zero-order valence-corrected chi connectivity index (χ0v) is 12.6. The molecule has 2 aliphatic rings. The van der Waals surface area contributed by atoms with Crippen LogP contribution in [-0.4, -0.2) is 16.8 Å². The Labute approximate surface area is 127 Å². The quantitative estimate of drug-likeness (QED) is 0.684. The highest BCUT2D eigenvalue weighted by Gasteiger charge is 2.22. The van der Waals surface area contributed by atoms with Crippen LogP contribution in [0.5, 0.6) is 5.75 Å². The molecule has 0 unspecified atom stereocenters. The van der Waals surface area contributed by atoms with Gasteiger partial charge in [-0.2, -0.15) is 0 Å². The third kappa shape index (κ3) is 3.22. The molecule has 3 nitrogen and oxygen atoms in total. The summed E-state index contributed by atoms with van der Waals surface area (Å²) in [5.74, 6) is 1.50. The number of amides is 1. The average molecular weight is 305 g/mol. The van der Waals surface area contributed by atoms with E-state index in [1.54, 1.807) is 0 Å². The highest BCUT2D eigenvalue weighted by atomic mass is 32.2. The molecule has 1 saturated heterocycles. The van der Waals surface area contributed by atoms with Gasteiger partial charge in [-0.15, -0.1) is 0 Å². The van der Waals surface area contributed by atoms with E-state index in [1.807, 2.05) is 30.3 Å². The molecule has 3 rings (SSSR count). The number of nitrogens with one attached hydrogen (secondary N) is 1. The van der Waals surface area contributed by atoms with E-state index in [0.29, 0.717) is 9.23 Å². The monoisotopic (exact) mass is 305 g/mol. The van der Waals surface area contributed by atoms with Crippen molar-refractivity contribution in [3.8, 4) is 5.75 Å². The van der Waals surface area contributed by atoms with Crippen LogP contribution < -0.4 is 10.1 Å². The summed E-state index contributed by atoms with van der Waals surface area (Å²) in [5.41, 5.74) is 0.975. The van der Waals surface area contributed by atoms with Crippen LogP contribution in [0.25, 0.3) is 6.08 Å². The first kappa shape index (κ1) is 13.6. The summed E-state index contributed by atoms with van der Waals surface area (Å²) in [7, 11) is 0. The lowest BCUT2D eigenvalue weighted by Gasteiger charge is -2.25.